The third-order valence-electron chi connectivity index (χ3n) is 4.63. The monoisotopic (exact) mass is 463 g/mol. The number of guanidine groups is 1. The SMILES string of the molecule is CCNC(=NCc1c(CC)noc1CC)NCC1CCCN(C)C1.I. The second kappa shape index (κ2) is 11.7. The molecule has 6 nitrogen and oxygen atoms in total. The molecule has 7 heteroatoms. The lowest BCUT2D eigenvalue weighted by Gasteiger charge is -2.30. The van der Waals surface area contributed by atoms with E-state index in [1.54, 1.807) is 0 Å². The normalized spacial score (nSPS) is 18.7. The highest BCUT2D eigenvalue weighted by molar-refractivity contribution is 14.0. The van der Waals surface area contributed by atoms with Crippen LogP contribution in [0.1, 0.15) is 50.6 Å². The van der Waals surface area contributed by atoms with Crippen LogP contribution in [0.3, 0.4) is 0 Å². The molecule has 0 radical (unpaired) electrons. The first-order chi connectivity index (χ1) is 11.7. The van der Waals surface area contributed by atoms with E-state index in [1.807, 2.05) is 0 Å². The van der Waals surface area contributed by atoms with Crippen LogP contribution in [0.15, 0.2) is 9.52 Å². The van der Waals surface area contributed by atoms with Crippen LogP contribution in [0.25, 0.3) is 0 Å². The van der Waals surface area contributed by atoms with Crippen molar-refractivity contribution in [1.82, 2.24) is 20.7 Å². The molecule has 1 saturated heterocycles. The molecule has 1 fully saturated rings. The summed E-state index contributed by atoms with van der Waals surface area (Å²) in [4.78, 5) is 7.17. The van der Waals surface area contributed by atoms with Gasteiger partial charge in [-0.25, -0.2) is 4.99 Å². The first-order valence-electron chi connectivity index (χ1n) is 9.34. The number of piperidine rings is 1. The molecule has 144 valence electrons. The van der Waals surface area contributed by atoms with Gasteiger partial charge in [-0.05, 0) is 45.7 Å². The predicted molar refractivity (Wildman–Crippen MR) is 114 cm³/mol. The van der Waals surface area contributed by atoms with Gasteiger partial charge >= 0.3 is 0 Å². The summed E-state index contributed by atoms with van der Waals surface area (Å²) in [6.45, 7) is 11.1. The van der Waals surface area contributed by atoms with E-state index >= 15 is 0 Å². The molecule has 2 N–H and O–H groups in total. The Morgan fingerprint density at radius 3 is 2.72 bits per heavy atom. The molecule has 1 aromatic heterocycles. The van der Waals surface area contributed by atoms with Gasteiger partial charge in [0.1, 0.15) is 5.76 Å². The van der Waals surface area contributed by atoms with E-state index < -0.39 is 0 Å². The third kappa shape index (κ3) is 6.77. The zero-order valence-electron chi connectivity index (χ0n) is 16.1. The summed E-state index contributed by atoms with van der Waals surface area (Å²) in [6, 6.07) is 0. The molecule has 0 aromatic carbocycles. The summed E-state index contributed by atoms with van der Waals surface area (Å²) in [5.41, 5.74) is 2.18. The van der Waals surface area contributed by atoms with E-state index in [9.17, 15) is 0 Å². The molecule has 0 spiro atoms. The van der Waals surface area contributed by atoms with Gasteiger partial charge in [-0.15, -0.1) is 24.0 Å². The van der Waals surface area contributed by atoms with Crippen LogP contribution in [-0.2, 0) is 19.4 Å². The Labute approximate surface area is 169 Å². The van der Waals surface area contributed by atoms with Crippen molar-refractivity contribution in [3.8, 4) is 0 Å². The van der Waals surface area contributed by atoms with Crippen molar-refractivity contribution >= 4 is 29.9 Å². The van der Waals surface area contributed by atoms with Crippen LogP contribution < -0.4 is 10.6 Å². The Bertz CT molecular complexity index is 510. The maximum absolute atomic E-state index is 5.43. The average Bonchev–Trinajstić information content (AvgIpc) is 2.99. The smallest absolute Gasteiger partial charge is 0.191 e. The molecule has 2 heterocycles. The standard InChI is InChI=1S/C18H33N5O.HI/c1-5-16-15(17(6-2)24-22-16)12-21-18(19-7-3)20-11-14-9-8-10-23(4)13-14;/h14H,5-13H2,1-4H3,(H2,19,20,21);1H. The Hall–Kier alpha value is -0.830. The number of nitrogens with one attached hydrogen (secondary N) is 2. The van der Waals surface area contributed by atoms with E-state index in [1.165, 1.54) is 19.4 Å². The number of hydrogen-bond donors (Lipinski definition) is 2. The highest BCUT2D eigenvalue weighted by atomic mass is 127. The van der Waals surface area contributed by atoms with Crippen LogP contribution in [-0.4, -0.2) is 49.2 Å². The fraction of sp³-hybridized carbons (Fsp3) is 0.778. The van der Waals surface area contributed by atoms with Crippen molar-refractivity contribution in [2.45, 2.75) is 53.0 Å². The van der Waals surface area contributed by atoms with Gasteiger partial charge in [-0.1, -0.05) is 19.0 Å². The molecular formula is C18H34IN5O. The lowest BCUT2D eigenvalue weighted by atomic mass is 9.99. The maximum Gasteiger partial charge on any atom is 0.191 e. The summed E-state index contributed by atoms with van der Waals surface area (Å²) in [6.07, 6.45) is 4.32. The summed E-state index contributed by atoms with van der Waals surface area (Å²) in [7, 11) is 2.20. The van der Waals surface area contributed by atoms with Gasteiger partial charge in [0.05, 0.1) is 12.2 Å². The van der Waals surface area contributed by atoms with Gasteiger partial charge in [0.25, 0.3) is 0 Å². The van der Waals surface area contributed by atoms with Crippen LogP contribution in [0.4, 0.5) is 0 Å². The number of aryl methyl sites for hydroxylation is 2. The average molecular weight is 463 g/mol. The minimum atomic E-state index is 0. The summed E-state index contributed by atoms with van der Waals surface area (Å²) in [5, 5.41) is 11.0. The second-order valence-electron chi connectivity index (χ2n) is 6.58. The highest BCUT2D eigenvalue weighted by Gasteiger charge is 2.17. The minimum Gasteiger partial charge on any atom is -0.361 e. The van der Waals surface area contributed by atoms with E-state index in [0.29, 0.717) is 12.5 Å². The number of aromatic nitrogens is 1. The van der Waals surface area contributed by atoms with Gasteiger partial charge in [0.15, 0.2) is 5.96 Å². The number of nitrogens with zero attached hydrogens (tertiary/aromatic N) is 3. The van der Waals surface area contributed by atoms with Crippen molar-refractivity contribution in [3.63, 3.8) is 0 Å². The molecule has 0 amide bonds. The molecule has 1 aliphatic heterocycles. The quantitative estimate of drug-likeness (QED) is 0.370. The molecule has 1 atom stereocenters. The molecule has 1 unspecified atom stereocenters. The molecular weight excluding hydrogens is 429 g/mol. The Morgan fingerprint density at radius 1 is 1.28 bits per heavy atom. The molecule has 0 saturated carbocycles. The Morgan fingerprint density at radius 2 is 2.08 bits per heavy atom. The predicted octanol–water partition coefficient (Wildman–Crippen LogP) is 2.81. The molecule has 1 aromatic rings. The first kappa shape index (κ1) is 22.2. The van der Waals surface area contributed by atoms with Crippen LogP contribution in [0.2, 0.25) is 0 Å². The Balaban J connectivity index is 0.00000312. The van der Waals surface area contributed by atoms with E-state index in [0.717, 1.165) is 55.5 Å². The van der Waals surface area contributed by atoms with Gasteiger partial charge in [0, 0.05) is 31.6 Å². The number of hydrogen-bond acceptors (Lipinski definition) is 4. The molecule has 1 aliphatic rings. The van der Waals surface area contributed by atoms with Gasteiger partial charge in [-0.3, -0.25) is 0 Å². The minimum absolute atomic E-state index is 0. The van der Waals surface area contributed by atoms with E-state index in [4.69, 9.17) is 9.52 Å². The van der Waals surface area contributed by atoms with Crippen molar-refractivity contribution in [2.24, 2.45) is 10.9 Å². The summed E-state index contributed by atoms with van der Waals surface area (Å²) >= 11 is 0. The van der Waals surface area contributed by atoms with Gasteiger partial charge in [-0.2, -0.15) is 0 Å². The van der Waals surface area contributed by atoms with Crippen LogP contribution in [0.5, 0.6) is 0 Å². The highest BCUT2D eigenvalue weighted by Crippen LogP contribution is 2.17. The van der Waals surface area contributed by atoms with Gasteiger partial charge in [0.2, 0.25) is 0 Å². The largest absolute Gasteiger partial charge is 0.361 e. The lowest BCUT2D eigenvalue weighted by Crippen LogP contribution is -2.43. The summed E-state index contributed by atoms with van der Waals surface area (Å²) < 4.78 is 5.43. The van der Waals surface area contributed by atoms with Crippen molar-refractivity contribution in [1.29, 1.82) is 0 Å². The number of aliphatic imine (C=N–C) groups is 1. The molecule has 2 rings (SSSR count). The fourth-order valence-corrected chi connectivity index (χ4v) is 3.30. The van der Waals surface area contributed by atoms with E-state index in [2.05, 4.69) is 48.5 Å². The van der Waals surface area contributed by atoms with Crippen molar-refractivity contribution < 1.29 is 4.52 Å². The number of halogens is 1. The zero-order chi connectivity index (χ0) is 17.4. The topological polar surface area (TPSA) is 65.7 Å². The van der Waals surface area contributed by atoms with Crippen LogP contribution in [0, 0.1) is 5.92 Å². The zero-order valence-corrected chi connectivity index (χ0v) is 18.4. The maximum atomic E-state index is 5.43. The molecule has 0 bridgehead atoms. The first-order valence-corrected chi connectivity index (χ1v) is 9.34. The number of rotatable bonds is 7. The third-order valence-corrected chi connectivity index (χ3v) is 4.63. The lowest BCUT2D eigenvalue weighted by molar-refractivity contribution is 0.210. The second-order valence-corrected chi connectivity index (χ2v) is 6.58. The van der Waals surface area contributed by atoms with E-state index in [-0.39, 0.29) is 24.0 Å². The number of likely N-dealkylation sites (tertiary alicyclic amines) is 1. The molecule has 25 heavy (non-hydrogen) atoms. The van der Waals surface area contributed by atoms with Gasteiger partial charge < -0.3 is 20.1 Å². The van der Waals surface area contributed by atoms with Crippen molar-refractivity contribution in [3.05, 3.63) is 17.0 Å². The van der Waals surface area contributed by atoms with Crippen LogP contribution >= 0.6 is 24.0 Å². The fourth-order valence-electron chi connectivity index (χ4n) is 3.30. The van der Waals surface area contributed by atoms with Crippen molar-refractivity contribution in [2.75, 3.05) is 33.2 Å². The molecule has 0 aliphatic carbocycles. The Kier molecular flexibility index (Phi) is 10.4. The summed E-state index contributed by atoms with van der Waals surface area (Å²) in [5.74, 6) is 2.54.